The van der Waals surface area contributed by atoms with E-state index < -0.39 is 0 Å². The molecule has 0 heterocycles. The molecule has 1 aliphatic rings. The van der Waals surface area contributed by atoms with E-state index in [1.807, 2.05) is 0 Å². The van der Waals surface area contributed by atoms with Gasteiger partial charge in [-0.25, -0.2) is 4.79 Å². The third-order valence-electron chi connectivity index (χ3n) is 2.48. The Kier molecular flexibility index (Phi) is 3.83. The van der Waals surface area contributed by atoms with Crippen LogP contribution in [-0.2, 0) is 4.79 Å². The first kappa shape index (κ1) is 9.82. The minimum Gasteiger partial charge on any atom is -0.211 e. The lowest BCUT2D eigenvalue weighted by atomic mass is 9.84. The zero-order valence-electron chi connectivity index (χ0n) is 7.51. The van der Waals surface area contributed by atoms with Gasteiger partial charge in [-0.15, -0.1) is 0 Å². The molecule has 0 aliphatic heterocycles. The molecule has 1 aliphatic carbocycles. The molecule has 0 N–H and O–H groups in total. The van der Waals surface area contributed by atoms with Gasteiger partial charge in [-0.05, 0) is 19.1 Å². The van der Waals surface area contributed by atoms with Crippen molar-refractivity contribution >= 4 is 17.8 Å². The van der Waals surface area contributed by atoms with Crippen molar-refractivity contribution in [2.24, 2.45) is 4.99 Å². The Hall–Kier alpha value is -0.270. The van der Waals surface area contributed by atoms with Gasteiger partial charge in [0.05, 0.1) is 5.54 Å². The normalized spacial score (nSPS) is 21.4. The van der Waals surface area contributed by atoms with Crippen molar-refractivity contribution in [3.8, 4) is 0 Å². The summed E-state index contributed by atoms with van der Waals surface area (Å²) in [6.07, 6.45) is 9.66. The van der Waals surface area contributed by atoms with Crippen molar-refractivity contribution in [1.82, 2.24) is 0 Å². The van der Waals surface area contributed by atoms with E-state index in [1.165, 1.54) is 19.3 Å². The quantitative estimate of drug-likeness (QED) is 0.499. The van der Waals surface area contributed by atoms with Gasteiger partial charge in [0.2, 0.25) is 6.08 Å². The molecule has 0 saturated heterocycles. The van der Waals surface area contributed by atoms with Crippen LogP contribution >= 0.6 is 11.8 Å². The Morgan fingerprint density at radius 3 is 2.58 bits per heavy atom. The molecule has 0 bridgehead atoms. The summed E-state index contributed by atoms with van der Waals surface area (Å²) in [7, 11) is 0. The molecule has 0 amide bonds. The van der Waals surface area contributed by atoms with E-state index in [0.717, 1.165) is 18.6 Å². The van der Waals surface area contributed by atoms with Gasteiger partial charge >= 0.3 is 0 Å². The Morgan fingerprint density at radius 1 is 1.42 bits per heavy atom. The van der Waals surface area contributed by atoms with E-state index in [4.69, 9.17) is 0 Å². The Labute approximate surface area is 77.8 Å². The largest absolute Gasteiger partial charge is 0.235 e. The molecule has 0 aromatic heterocycles. The second-order valence-corrected chi connectivity index (χ2v) is 4.29. The average Bonchev–Trinajstić information content (AvgIpc) is 2.07. The van der Waals surface area contributed by atoms with Crippen molar-refractivity contribution in [3.05, 3.63) is 0 Å². The summed E-state index contributed by atoms with van der Waals surface area (Å²) < 4.78 is 0. The fourth-order valence-corrected chi connectivity index (χ4v) is 2.75. The lowest BCUT2D eigenvalue weighted by molar-refractivity contribution is 0.329. The zero-order valence-corrected chi connectivity index (χ0v) is 8.32. The smallest absolute Gasteiger partial charge is 0.211 e. The van der Waals surface area contributed by atoms with Gasteiger partial charge in [0, 0.05) is 5.75 Å². The van der Waals surface area contributed by atoms with Gasteiger partial charge in [-0.3, -0.25) is 0 Å². The standard InChI is InChI=1S/C9H15NOS/c1-12-7-9(10-8-11)5-3-2-4-6-9/h2-7H2,1H3. The maximum Gasteiger partial charge on any atom is 0.235 e. The van der Waals surface area contributed by atoms with E-state index in [-0.39, 0.29) is 5.54 Å². The molecule has 0 aromatic carbocycles. The first-order valence-electron chi connectivity index (χ1n) is 4.41. The highest BCUT2D eigenvalue weighted by molar-refractivity contribution is 7.98. The van der Waals surface area contributed by atoms with Crippen LogP contribution in [0.25, 0.3) is 0 Å². The van der Waals surface area contributed by atoms with Crippen LogP contribution in [0, 0.1) is 0 Å². The van der Waals surface area contributed by atoms with Crippen molar-refractivity contribution in [3.63, 3.8) is 0 Å². The minimum atomic E-state index is -0.0561. The van der Waals surface area contributed by atoms with Crippen molar-refractivity contribution in [2.75, 3.05) is 12.0 Å². The fraction of sp³-hybridized carbons (Fsp3) is 0.889. The summed E-state index contributed by atoms with van der Waals surface area (Å²) in [5.41, 5.74) is -0.0561. The zero-order chi connectivity index (χ0) is 8.86. The van der Waals surface area contributed by atoms with Crippen molar-refractivity contribution in [1.29, 1.82) is 0 Å². The number of carbonyl (C=O) groups excluding carboxylic acids is 1. The number of thioether (sulfide) groups is 1. The molecule has 0 spiro atoms. The topological polar surface area (TPSA) is 29.4 Å². The van der Waals surface area contributed by atoms with Crippen molar-refractivity contribution < 1.29 is 4.79 Å². The lowest BCUT2D eigenvalue weighted by Gasteiger charge is -2.31. The maximum absolute atomic E-state index is 10.3. The fourth-order valence-electron chi connectivity index (χ4n) is 1.86. The molecule has 68 valence electrons. The van der Waals surface area contributed by atoms with Gasteiger partial charge < -0.3 is 0 Å². The summed E-state index contributed by atoms with van der Waals surface area (Å²) in [5, 5.41) is 0. The summed E-state index contributed by atoms with van der Waals surface area (Å²) in [4.78, 5) is 14.2. The lowest BCUT2D eigenvalue weighted by Crippen LogP contribution is -2.32. The summed E-state index contributed by atoms with van der Waals surface area (Å²) in [6.45, 7) is 0. The predicted molar refractivity (Wildman–Crippen MR) is 52.3 cm³/mol. The highest BCUT2D eigenvalue weighted by Crippen LogP contribution is 2.33. The van der Waals surface area contributed by atoms with Crippen LogP contribution in [0.2, 0.25) is 0 Å². The van der Waals surface area contributed by atoms with E-state index >= 15 is 0 Å². The molecule has 0 aromatic rings. The van der Waals surface area contributed by atoms with Crippen LogP contribution in [-0.4, -0.2) is 23.6 Å². The molecule has 1 fully saturated rings. The number of hydrogen-bond donors (Lipinski definition) is 0. The summed E-state index contributed by atoms with van der Waals surface area (Å²) >= 11 is 1.77. The second-order valence-electron chi connectivity index (χ2n) is 3.42. The molecule has 0 unspecified atom stereocenters. The first-order chi connectivity index (χ1) is 5.83. The van der Waals surface area contributed by atoms with E-state index in [1.54, 1.807) is 17.8 Å². The number of hydrogen-bond acceptors (Lipinski definition) is 3. The van der Waals surface area contributed by atoms with Crippen LogP contribution in [0.3, 0.4) is 0 Å². The van der Waals surface area contributed by atoms with Gasteiger partial charge in [0.15, 0.2) is 0 Å². The third kappa shape index (κ3) is 2.36. The van der Waals surface area contributed by atoms with E-state index in [0.29, 0.717) is 0 Å². The van der Waals surface area contributed by atoms with Gasteiger partial charge in [-0.2, -0.15) is 16.8 Å². The number of aliphatic imine (C=N–C) groups is 1. The molecular formula is C9H15NOS. The van der Waals surface area contributed by atoms with Crippen LogP contribution < -0.4 is 0 Å². The Morgan fingerprint density at radius 2 is 2.08 bits per heavy atom. The third-order valence-corrected chi connectivity index (χ3v) is 3.31. The molecular weight excluding hydrogens is 170 g/mol. The molecule has 0 radical (unpaired) electrons. The number of isocyanates is 1. The van der Waals surface area contributed by atoms with Crippen LogP contribution in [0.1, 0.15) is 32.1 Å². The van der Waals surface area contributed by atoms with Crippen LogP contribution in [0.5, 0.6) is 0 Å². The molecule has 12 heavy (non-hydrogen) atoms. The minimum absolute atomic E-state index is 0.0561. The first-order valence-corrected chi connectivity index (χ1v) is 5.80. The highest BCUT2D eigenvalue weighted by atomic mass is 32.2. The predicted octanol–water partition coefficient (Wildman–Crippen LogP) is 2.39. The Bertz CT molecular complexity index is 175. The number of nitrogens with zero attached hydrogens (tertiary/aromatic N) is 1. The Balaban J connectivity index is 2.62. The van der Waals surface area contributed by atoms with Gasteiger partial charge in [-0.1, -0.05) is 19.3 Å². The van der Waals surface area contributed by atoms with Gasteiger partial charge in [0.25, 0.3) is 0 Å². The maximum atomic E-state index is 10.3. The molecule has 1 saturated carbocycles. The average molecular weight is 185 g/mol. The van der Waals surface area contributed by atoms with Crippen molar-refractivity contribution in [2.45, 2.75) is 37.6 Å². The second kappa shape index (κ2) is 4.68. The van der Waals surface area contributed by atoms with E-state index in [9.17, 15) is 4.79 Å². The number of rotatable bonds is 3. The summed E-state index contributed by atoms with van der Waals surface area (Å²) in [5.74, 6) is 0.974. The SMILES string of the molecule is CSCC1(N=C=O)CCCCC1. The monoisotopic (exact) mass is 185 g/mol. The van der Waals surface area contributed by atoms with Crippen LogP contribution in [0.4, 0.5) is 0 Å². The molecule has 2 nitrogen and oxygen atoms in total. The highest BCUT2D eigenvalue weighted by Gasteiger charge is 2.30. The summed E-state index contributed by atoms with van der Waals surface area (Å²) in [6, 6.07) is 0. The molecule has 3 heteroatoms. The van der Waals surface area contributed by atoms with E-state index in [2.05, 4.69) is 11.2 Å². The molecule has 1 rings (SSSR count). The van der Waals surface area contributed by atoms with Gasteiger partial charge in [0.1, 0.15) is 0 Å². The molecule has 0 atom stereocenters. The van der Waals surface area contributed by atoms with Crippen LogP contribution in [0.15, 0.2) is 4.99 Å².